The maximum Gasteiger partial charge on any atom is 0.225 e. The number of carbonyl (C=O) groups excluding carboxylic acids is 1. The summed E-state index contributed by atoms with van der Waals surface area (Å²) in [5.74, 6) is 1.05. The molecule has 7 heteroatoms. The summed E-state index contributed by atoms with van der Waals surface area (Å²) >= 11 is 0. The average molecular weight is 388 g/mol. The number of hydrogen-bond acceptors (Lipinski definition) is 4. The number of para-hydroxylation sites is 1. The average Bonchev–Trinajstić information content (AvgIpc) is 3.15. The van der Waals surface area contributed by atoms with Gasteiger partial charge in [0.2, 0.25) is 5.91 Å². The molecule has 2 atom stereocenters. The number of aliphatic imine (C=N–C) groups is 1. The second-order valence-electron chi connectivity index (χ2n) is 7.46. The lowest BCUT2D eigenvalue weighted by Gasteiger charge is -2.26. The highest BCUT2D eigenvalue weighted by molar-refractivity contribution is 5.94. The Morgan fingerprint density at radius 1 is 1.36 bits per heavy atom. The zero-order valence-corrected chi connectivity index (χ0v) is 17.0. The zero-order chi connectivity index (χ0) is 19.8. The molecule has 1 aromatic carbocycles. The highest BCUT2D eigenvalue weighted by Gasteiger charge is 2.26. The van der Waals surface area contributed by atoms with E-state index in [-0.39, 0.29) is 11.8 Å². The van der Waals surface area contributed by atoms with Crippen LogP contribution in [-0.2, 0) is 9.53 Å². The van der Waals surface area contributed by atoms with Crippen LogP contribution in [0.25, 0.3) is 0 Å². The molecule has 28 heavy (non-hydrogen) atoms. The molecule has 0 bridgehead atoms. The van der Waals surface area contributed by atoms with E-state index in [4.69, 9.17) is 9.73 Å². The first-order chi connectivity index (χ1) is 13.7. The van der Waals surface area contributed by atoms with Crippen LogP contribution < -0.4 is 16.0 Å². The summed E-state index contributed by atoms with van der Waals surface area (Å²) < 4.78 is 5.22. The molecule has 1 fully saturated rings. The molecule has 0 aliphatic carbocycles. The van der Waals surface area contributed by atoms with Crippen LogP contribution in [0.5, 0.6) is 0 Å². The highest BCUT2D eigenvalue weighted by atomic mass is 16.5. The van der Waals surface area contributed by atoms with Crippen LogP contribution in [0.1, 0.15) is 37.7 Å². The number of hydrogen-bond donors (Lipinski definition) is 3. The number of likely N-dealkylation sites (tertiary alicyclic amines) is 1. The number of benzene rings is 1. The van der Waals surface area contributed by atoms with Gasteiger partial charge in [0.1, 0.15) is 0 Å². The predicted molar refractivity (Wildman–Crippen MR) is 113 cm³/mol. The van der Waals surface area contributed by atoms with Gasteiger partial charge in [0.05, 0.1) is 13.2 Å². The Morgan fingerprint density at radius 3 is 3.04 bits per heavy atom. The Hall–Kier alpha value is -2.12. The number of fused-ring (bicyclic) bond motifs is 1. The topological polar surface area (TPSA) is 78.0 Å². The van der Waals surface area contributed by atoms with Crippen LogP contribution in [0.3, 0.4) is 0 Å². The number of nitrogens with one attached hydrogen (secondary N) is 3. The summed E-state index contributed by atoms with van der Waals surface area (Å²) in [6.07, 6.45) is 2.90. The second-order valence-corrected chi connectivity index (χ2v) is 7.46. The van der Waals surface area contributed by atoms with Gasteiger partial charge in [-0.25, -0.2) is 0 Å². The minimum absolute atomic E-state index is 0.0761. The third-order valence-electron chi connectivity index (χ3n) is 5.51. The molecule has 2 aliphatic heterocycles. The molecule has 7 nitrogen and oxygen atoms in total. The molecule has 1 saturated heterocycles. The van der Waals surface area contributed by atoms with Crippen molar-refractivity contribution in [3.05, 3.63) is 29.8 Å². The van der Waals surface area contributed by atoms with Crippen LogP contribution in [0, 0.1) is 0 Å². The zero-order valence-electron chi connectivity index (χ0n) is 17.0. The van der Waals surface area contributed by atoms with Gasteiger partial charge < -0.3 is 20.7 Å². The van der Waals surface area contributed by atoms with E-state index >= 15 is 0 Å². The fourth-order valence-corrected chi connectivity index (χ4v) is 4.05. The molecule has 154 valence electrons. The number of rotatable bonds is 8. The van der Waals surface area contributed by atoms with Crippen LogP contribution in [-0.4, -0.2) is 69.2 Å². The van der Waals surface area contributed by atoms with Crippen LogP contribution in [0.4, 0.5) is 5.69 Å². The Morgan fingerprint density at radius 2 is 2.21 bits per heavy atom. The van der Waals surface area contributed by atoms with E-state index in [2.05, 4.69) is 33.8 Å². The Balaban J connectivity index is 1.59. The third kappa shape index (κ3) is 5.45. The summed E-state index contributed by atoms with van der Waals surface area (Å²) in [5, 5.41) is 9.74. The van der Waals surface area contributed by atoms with Crippen molar-refractivity contribution in [1.29, 1.82) is 0 Å². The van der Waals surface area contributed by atoms with Crippen LogP contribution in [0.2, 0.25) is 0 Å². The van der Waals surface area contributed by atoms with Crippen molar-refractivity contribution in [3.8, 4) is 0 Å². The van der Waals surface area contributed by atoms with Crippen molar-refractivity contribution >= 4 is 17.6 Å². The third-order valence-corrected chi connectivity index (χ3v) is 5.51. The lowest BCUT2D eigenvalue weighted by atomic mass is 9.90. The van der Waals surface area contributed by atoms with Crippen molar-refractivity contribution in [1.82, 2.24) is 15.5 Å². The van der Waals surface area contributed by atoms with Crippen molar-refractivity contribution in [2.45, 2.75) is 38.1 Å². The first kappa shape index (κ1) is 20.6. The number of anilines is 1. The number of methoxy groups -OCH3 is 1. The van der Waals surface area contributed by atoms with Gasteiger partial charge in [-0.1, -0.05) is 18.2 Å². The SMILES string of the molecule is CCNC(=NCC1CCCN1CCOC)NCC1CC(=O)Nc2ccccc21. The maximum absolute atomic E-state index is 12.0. The second kappa shape index (κ2) is 10.4. The van der Waals surface area contributed by atoms with E-state index < -0.39 is 0 Å². The predicted octanol–water partition coefficient (Wildman–Crippen LogP) is 1.78. The molecule has 2 unspecified atom stereocenters. The van der Waals surface area contributed by atoms with E-state index in [9.17, 15) is 4.79 Å². The molecule has 1 amide bonds. The fraction of sp³-hybridized carbons (Fsp3) is 0.619. The van der Waals surface area contributed by atoms with Gasteiger partial charge in [-0.2, -0.15) is 0 Å². The lowest BCUT2D eigenvalue weighted by Crippen LogP contribution is -2.42. The summed E-state index contributed by atoms with van der Waals surface area (Å²) in [4.78, 5) is 19.3. The normalized spacial score (nSPS) is 22.6. The van der Waals surface area contributed by atoms with Gasteiger partial charge >= 0.3 is 0 Å². The van der Waals surface area contributed by atoms with Crippen molar-refractivity contribution in [2.75, 3.05) is 51.8 Å². The molecule has 0 aromatic heterocycles. The molecular weight excluding hydrogens is 354 g/mol. The van der Waals surface area contributed by atoms with Crippen LogP contribution in [0.15, 0.2) is 29.3 Å². The molecule has 0 saturated carbocycles. The number of ether oxygens (including phenoxy) is 1. The van der Waals surface area contributed by atoms with Gasteiger partial charge in [-0.15, -0.1) is 0 Å². The standard InChI is InChI=1S/C21H33N5O2/c1-3-22-21(24-15-17-7-6-10-26(17)11-12-28-2)23-14-16-13-20(27)25-19-9-5-4-8-18(16)19/h4-5,8-9,16-17H,3,6-7,10-15H2,1-2H3,(H,25,27)(H2,22,23,24). The van der Waals surface area contributed by atoms with E-state index in [1.54, 1.807) is 7.11 Å². The van der Waals surface area contributed by atoms with Gasteiger partial charge in [0, 0.05) is 50.8 Å². The van der Waals surface area contributed by atoms with Gasteiger partial charge in [-0.05, 0) is 37.9 Å². The minimum Gasteiger partial charge on any atom is -0.383 e. The molecule has 0 radical (unpaired) electrons. The monoisotopic (exact) mass is 387 g/mol. The Bertz CT molecular complexity index is 679. The Kier molecular flexibility index (Phi) is 7.68. The van der Waals surface area contributed by atoms with E-state index in [0.717, 1.165) is 44.4 Å². The van der Waals surface area contributed by atoms with E-state index in [1.165, 1.54) is 18.4 Å². The fourth-order valence-electron chi connectivity index (χ4n) is 4.05. The van der Waals surface area contributed by atoms with Crippen molar-refractivity contribution < 1.29 is 9.53 Å². The molecule has 3 N–H and O–H groups in total. The summed E-state index contributed by atoms with van der Waals surface area (Å²) in [6.45, 7) is 7.21. The van der Waals surface area contributed by atoms with Crippen molar-refractivity contribution in [3.63, 3.8) is 0 Å². The highest BCUT2D eigenvalue weighted by Crippen LogP contribution is 2.31. The van der Waals surface area contributed by atoms with E-state index in [0.29, 0.717) is 19.0 Å². The van der Waals surface area contributed by atoms with E-state index in [1.807, 2.05) is 18.2 Å². The maximum atomic E-state index is 12.0. The smallest absolute Gasteiger partial charge is 0.225 e. The number of guanidine groups is 1. The minimum atomic E-state index is 0.0761. The Labute approximate surface area is 167 Å². The number of amides is 1. The lowest BCUT2D eigenvalue weighted by molar-refractivity contribution is -0.116. The number of carbonyl (C=O) groups is 1. The first-order valence-electron chi connectivity index (χ1n) is 10.3. The largest absolute Gasteiger partial charge is 0.383 e. The van der Waals surface area contributed by atoms with Gasteiger partial charge in [-0.3, -0.25) is 14.7 Å². The molecule has 3 rings (SSSR count). The summed E-state index contributed by atoms with van der Waals surface area (Å²) in [5.41, 5.74) is 2.11. The summed E-state index contributed by atoms with van der Waals surface area (Å²) in [6, 6.07) is 8.52. The van der Waals surface area contributed by atoms with Gasteiger partial charge in [0.25, 0.3) is 0 Å². The molecule has 1 aromatic rings. The molecule has 2 aliphatic rings. The summed E-state index contributed by atoms with van der Waals surface area (Å²) in [7, 11) is 1.75. The van der Waals surface area contributed by atoms with Gasteiger partial charge in [0.15, 0.2) is 5.96 Å². The molecule has 2 heterocycles. The molecular formula is C21H33N5O2. The quantitative estimate of drug-likeness (QED) is 0.468. The molecule has 0 spiro atoms. The van der Waals surface area contributed by atoms with Crippen molar-refractivity contribution in [2.24, 2.45) is 4.99 Å². The number of nitrogens with zero attached hydrogens (tertiary/aromatic N) is 2. The first-order valence-corrected chi connectivity index (χ1v) is 10.3. The van der Waals surface area contributed by atoms with Crippen LogP contribution >= 0.6 is 0 Å².